The van der Waals surface area contributed by atoms with Gasteiger partial charge in [0.05, 0.1) is 18.8 Å². The number of fused-ring (bicyclic) bond motifs is 1. The molecule has 3 rings (SSSR count). The van der Waals surface area contributed by atoms with Crippen molar-refractivity contribution in [2.45, 2.75) is 49.3 Å². The van der Waals surface area contributed by atoms with Crippen molar-refractivity contribution in [3.8, 4) is 0 Å². The average Bonchev–Trinajstić information content (AvgIpc) is 2.88. The van der Waals surface area contributed by atoms with Gasteiger partial charge in [-0.15, -0.1) is 0 Å². The van der Waals surface area contributed by atoms with Gasteiger partial charge in [0.15, 0.2) is 0 Å². The van der Waals surface area contributed by atoms with Gasteiger partial charge in [0, 0.05) is 32.0 Å². The first-order valence-electron chi connectivity index (χ1n) is 7.53. The number of hydrogen-bond acceptors (Lipinski definition) is 4. The zero-order valence-corrected chi connectivity index (χ0v) is 13.2. The molecule has 7 heteroatoms. The third kappa shape index (κ3) is 2.63. The van der Waals surface area contributed by atoms with Crippen LogP contribution in [0.4, 0.5) is 0 Å². The van der Waals surface area contributed by atoms with Crippen molar-refractivity contribution in [1.29, 1.82) is 0 Å². The van der Waals surface area contributed by atoms with E-state index in [0.29, 0.717) is 24.6 Å². The highest BCUT2D eigenvalue weighted by molar-refractivity contribution is 7.89. The Morgan fingerprint density at radius 2 is 2.14 bits per heavy atom. The molecule has 2 fully saturated rings. The molecule has 2 N–H and O–H groups in total. The summed E-state index contributed by atoms with van der Waals surface area (Å²) >= 11 is 0. The van der Waals surface area contributed by atoms with Crippen molar-refractivity contribution in [3.05, 3.63) is 18.0 Å². The lowest BCUT2D eigenvalue weighted by molar-refractivity contribution is -0.0586. The number of ether oxygens (including phenoxy) is 1. The van der Waals surface area contributed by atoms with E-state index in [4.69, 9.17) is 10.5 Å². The van der Waals surface area contributed by atoms with Crippen molar-refractivity contribution >= 4 is 10.0 Å². The Bertz CT molecular complexity index is 609. The van der Waals surface area contributed by atoms with E-state index >= 15 is 0 Å². The van der Waals surface area contributed by atoms with Gasteiger partial charge in [0.2, 0.25) is 10.0 Å². The van der Waals surface area contributed by atoms with Gasteiger partial charge in [0.25, 0.3) is 0 Å². The van der Waals surface area contributed by atoms with E-state index in [0.717, 1.165) is 31.4 Å². The van der Waals surface area contributed by atoms with Crippen molar-refractivity contribution < 1.29 is 13.2 Å². The first kappa shape index (κ1) is 15.0. The molecular weight excluding hydrogens is 290 g/mol. The molecule has 2 atom stereocenters. The van der Waals surface area contributed by atoms with Gasteiger partial charge in [-0.2, -0.15) is 4.31 Å². The zero-order chi connectivity index (χ0) is 15.0. The molecule has 0 aromatic carbocycles. The summed E-state index contributed by atoms with van der Waals surface area (Å²) in [6.07, 6.45) is 5.75. The van der Waals surface area contributed by atoms with Gasteiger partial charge in [-0.1, -0.05) is 12.8 Å². The lowest BCUT2D eigenvalue weighted by atomic mass is 9.91. The summed E-state index contributed by atoms with van der Waals surface area (Å²) in [6.45, 7) is 1.26. The predicted molar refractivity (Wildman–Crippen MR) is 79.2 cm³/mol. The maximum absolute atomic E-state index is 12.9. The first-order chi connectivity index (χ1) is 10.0. The van der Waals surface area contributed by atoms with Crippen LogP contribution in [-0.4, -0.2) is 42.6 Å². The Kier molecular flexibility index (Phi) is 4.09. The molecule has 2 aliphatic rings. The summed E-state index contributed by atoms with van der Waals surface area (Å²) in [5.41, 5.74) is 6.46. The summed E-state index contributed by atoms with van der Waals surface area (Å²) in [5.74, 6) is 0. The van der Waals surface area contributed by atoms with Gasteiger partial charge in [-0.3, -0.25) is 0 Å². The maximum atomic E-state index is 12.9. The van der Waals surface area contributed by atoms with Crippen LogP contribution in [0.5, 0.6) is 0 Å². The number of sulfonamides is 1. The first-order valence-corrected chi connectivity index (χ1v) is 8.97. The molecule has 1 aliphatic carbocycles. The van der Waals surface area contributed by atoms with Crippen molar-refractivity contribution in [3.63, 3.8) is 0 Å². The summed E-state index contributed by atoms with van der Waals surface area (Å²) in [6, 6.07) is 1.67. The minimum atomic E-state index is -3.47. The zero-order valence-electron chi connectivity index (χ0n) is 12.4. The SMILES string of the molecule is Cn1cc(S(=O)(=O)N2CCOC3CCCCC32)cc1CN. The van der Waals surface area contributed by atoms with Crippen LogP contribution < -0.4 is 5.73 Å². The highest BCUT2D eigenvalue weighted by Crippen LogP contribution is 2.32. The quantitative estimate of drug-likeness (QED) is 0.896. The second-order valence-electron chi connectivity index (χ2n) is 5.86. The molecule has 0 amide bonds. The third-order valence-corrected chi connectivity index (χ3v) is 6.47. The standard InChI is InChI=1S/C14H23N3O3S/c1-16-10-12(8-11(16)9-15)21(18,19)17-6-7-20-14-5-3-2-4-13(14)17/h8,10,13-14H,2-7,9,15H2,1H3. The molecule has 6 nitrogen and oxygen atoms in total. The van der Waals surface area contributed by atoms with Gasteiger partial charge in [0.1, 0.15) is 4.90 Å². The third-order valence-electron chi connectivity index (χ3n) is 4.58. The van der Waals surface area contributed by atoms with Crippen LogP contribution in [0.15, 0.2) is 17.2 Å². The molecule has 2 unspecified atom stereocenters. The van der Waals surface area contributed by atoms with Crippen molar-refractivity contribution in [2.24, 2.45) is 12.8 Å². The van der Waals surface area contributed by atoms with Gasteiger partial charge < -0.3 is 15.0 Å². The number of aryl methyl sites for hydroxylation is 1. The minimum absolute atomic E-state index is 0.0148. The molecule has 1 saturated carbocycles. The summed E-state index contributed by atoms with van der Waals surface area (Å²) in [7, 11) is -1.64. The normalized spacial score (nSPS) is 27.5. The maximum Gasteiger partial charge on any atom is 0.245 e. The van der Waals surface area contributed by atoms with Crippen LogP contribution in [0.25, 0.3) is 0 Å². The van der Waals surface area contributed by atoms with Crippen LogP contribution in [0.2, 0.25) is 0 Å². The molecule has 21 heavy (non-hydrogen) atoms. The van der Waals surface area contributed by atoms with Crippen LogP contribution in [0.3, 0.4) is 0 Å². The van der Waals surface area contributed by atoms with Gasteiger partial charge in [-0.25, -0.2) is 8.42 Å². The Labute approximate surface area is 125 Å². The van der Waals surface area contributed by atoms with E-state index in [1.165, 1.54) is 0 Å². The van der Waals surface area contributed by atoms with Crippen LogP contribution in [-0.2, 0) is 28.4 Å². The van der Waals surface area contributed by atoms with Gasteiger partial charge >= 0.3 is 0 Å². The number of morpholine rings is 1. The molecule has 118 valence electrons. The second-order valence-corrected chi connectivity index (χ2v) is 7.75. The van der Waals surface area contributed by atoms with E-state index in [-0.39, 0.29) is 12.1 Å². The molecule has 1 aromatic heterocycles. The van der Waals surface area contributed by atoms with E-state index < -0.39 is 10.0 Å². The topological polar surface area (TPSA) is 77.6 Å². The number of aromatic nitrogens is 1. The van der Waals surface area contributed by atoms with Crippen LogP contribution in [0, 0.1) is 0 Å². The monoisotopic (exact) mass is 313 g/mol. The fourth-order valence-electron chi connectivity index (χ4n) is 3.42. The second kappa shape index (κ2) is 5.72. The average molecular weight is 313 g/mol. The Balaban J connectivity index is 1.92. The summed E-state index contributed by atoms with van der Waals surface area (Å²) in [4.78, 5) is 0.344. The largest absolute Gasteiger partial charge is 0.375 e. The molecule has 1 aliphatic heterocycles. The molecule has 0 bridgehead atoms. The van der Waals surface area contributed by atoms with Crippen molar-refractivity contribution in [1.82, 2.24) is 8.87 Å². The molecule has 0 spiro atoms. The van der Waals surface area contributed by atoms with E-state index in [9.17, 15) is 8.42 Å². The van der Waals surface area contributed by atoms with Crippen LogP contribution in [0.1, 0.15) is 31.4 Å². The molecule has 1 saturated heterocycles. The van der Waals surface area contributed by atoms with E-state index in [2.05, 4.69) is 0 Å². The lowest BCUT2D eigenvalue weighted by Crippen LogP contribution is -2.54. The smallest absolute Gasteiger partial charge is 0.245 e. The number of rotatable bonds is 3. The fraction of sp³-hybridized carbons (Fsp3) is 0.714. The number of nitrogens with two attached hydrogens (primary N) is 1. The highest BCUT2D eigenvalue weighted by Gasteiger charge is 2.41. The molecular formula is C14H23N3O3S. The van der Waals surface area contributed by atoms with Crippen molar-refractivity contribution in [2.75, 3.05) is 13.2 Å². The van der Waals surface area contributed by atoms with Crippen LogP contribution >= 0.6 is 0 Å². The minimum Gasteiger partial charge on any atom is -0.375 e. The molecule has 0 radical (unpaired) electrons. The van der Waals surface area contributed by atoms with E-state index in [1.54, 1.807) is 21.1 Å². The molecule has 2 heterocycles. The summed E-state index contributed by atoms with van der Waals surface area (Å²) < 4.78 is 35.1. The number of nitrogens with zero attached hydrogens (tertiary/aromatic N) is 2. The Hall–Kier alpha value is -0.890. The Morgan fingerprint density at radius 1 is 1.38 bits per heavy atom. The van der Waals surface area contributed by atoms with E-state index in [1.807, 2.05) is 7.05 Å². The number of hydrogen-bond donors (Lipinski definition) is 1. The fourth-order valence-corrected chi connectivity index (χ4v) is 5.18. The predicted octanol–water partition coefficient (Wildman–Crippen LogP) is 0.816. The lowest BCUT2D eigenvalue weighted by Gasteiger charge is -2.42. The van der Waals surface area contributed by atoms with Gasteiger partial charge in [-0.05, 0) is 18.9 Å². The highest BCUT2D eigenvalue weighted by atomic mass is 32.2. The molecule has 1 aromatic rings. The summed E-state index contributed by atoms with van der Waals surface area (Å²) in [5, 5.41) is 0. The Morgan fingerprint density at radius 3 is 2.86 bits per heavy atom.